The van der Waals surface area contributed by atoms with E-state index >= 15 is 0 Å². The number of hydrogen-bond donors (Lipinski definition) is 0. The van der Waals surface area contributed by atoms with E-state index in [1.54, 1.807) is 10.7 Å². The molecule has 0 radical (unpaired) electrons. The molecule has 0 saturated carbocycles. The summed E-state index contributed by atoms with van der Waals surface area (Å²) in [5, 5.41) is 0. The average Bonchev–Trinajstić information content (AvgIpc) is 3.06. The van der Waals surface area contributed by atoms with Crippen LogP contribution >= 0.6 is 0 Å². The zero-order valence-electron chi connectivity index (χ0n) is 18.1. The third kappa shape index (κ3) is 3.01. The van der Waals surface area contributed by atoms with E-state index in [-0.39, 0.29) is 0 Å². The van der Waals surface area contributed by atoms with E-state index in [4.69, 9.17) is 0 Å². The summed E-state index contributed by atoms with van der Waals surface area (Å²) in [5.74, 6) is 0. The SMILES string of the molecule is Cc1cccc(C)[c]1[Sn](=[C]1c2ccccc2-c2ccccc21)[c]1c(C)cccc1C. The number of rotatable bonds is 2. The van der Waals surface area contributed by atoms with Crippen LogP contribution in [-0.4, -0.2) is 22.8 Å². The molecule has 1 aliphatic carbocycles. The van der Waals surface area contributed by atoms with E-state index in [1.807, 2.05) is 0 Å². The van der Waals surface area contributed by atoms with Crippen molar-refractivity contribution in [2.24, 2.45) is 0 Å². The average molecular weight is 493 g/mol. The first kappa shape index (κ1) is 19.5. The topological polar surface area (TPSA) is 0 Å². The summed E-state index contributed by atoms with van der Waals surface area (Å²) < 4.78 is 4.91. The van der Waals surface area contributed by atoms with Gasteiger partial charge < -0.3 is 0 Å². The molecule has 0 bridgehead atoms. The molecule has 30 heavy (non-hydrogen) atoms. The second-order valence-corrected chi connectivity index (χ2v) is 14.8. The van der Waals surface area contributed by atoms with Crippen LogP contribution in [0.2, 0.25) is 0 Å². The molecule has 0 heterocycles. The zero-order valence-corrected chi connectivity index (χ0v) is 20.9. The number of hydrogen-bond acceptors (Lipinski definition) is 0. The number of benzene rings is 4. The van der Waals surface area contributed by atoms with Crippen LogP contribution in [0.15, 0.2) is 84.9 Å². The zero-order chi connectivity index (χ0) is 20.8. The van der Waals surface area contributed by atoms with Gasteiger partial charge in [-0.15, -0.1) is 0 Å². The summed E-state index contributed by atoms with van der Waals surface area (Å²) >= 11 is -2.52. The van der Waals surface area contributed by atoms with E-state index in [0.717, 1.165) is 0 Å². The third-order valence-corrected chi connectivity index (χ3v) is 16.7. The Bertz CT molecular complexity index is 1180. The molecule has 0 aromatic heterocycles. The molecule has 1 aliphatic rings. The summed E-state index contributed by atoms with van der Waals surface area (Å²) in [6.07, 6.45) is 0. The molecule has 0 aliphatic heterocycles. The Morgan fingerprint density at radius 2 is 0.733 bits per heavy atom. The second kappa shape index (κ2) is 7.66. The molecule has 4 aromatic rings. The maximum absolute atomic E-state index is 2.52. The fraction of sp³-hybridized carbons (Fsp3) is 0.138. The third-order valence-electron chi connectivity index (χ3n) is 6.40. The summed E-state index contributed by atoms with van der Waals surface area (Å²) in [7, 11) is 0. The molecular weight excluding hydrogens is 467 g/mol. The summed E-state index contributed by atoms with van der Waals surface area (Å²) in [4.78, 5) is 0. The van der Waals surface area contributed by atoms with Gasteiger partial charge in [-0.25, -0.2) is 0 Å². The normalized spacial score (nSPS) is 11.9. The molecule has 4 aromatic carbocycles. The van der Waals surface area contributed by atoms with Gasteiger partial charge in [0.25, 0.3) is 0 Å². The van der Waals surface area contributed by atoms with Crippen LogP contribution in [0, 0.1) is 27.7 Å². The Kier molecular flexibility index (Phi) is 4.98. The molecule has 0 amide bonds. The van der Waals surface area contributed by atoms with Gasteiger partial charge in [-0.1, -0.05) is 0 Å². The standard InChI is InChI=1S/C13H8.2C8H9.Sn/c1-3-7-12-10(5-1)9-11-6-2-4-8-13(11)12;2*1-7-4-3-5-8(2)6-7;/h1-8H;2*3-5H,1-2H3;. The van der Waals surface area contributed by atoms with Crippen LogP contribution in [0.4, 0.5) is 0 Å². The Hall–Kier alpha value is -2.45. The first-order valence-corrected chi connectivity index (χ1v) is 14.9. The van der Waals surface area contributed by atoms with E-state index < -0.39 is 19.3 Å². The Balaban J connectivity index is 2.02. The number of aryl methyl sites for hydroxylation is 4. The summed E-state index contributed by atoms with van der Waals surface area (Å²) in [5.41, 5.74) is 11.5. The first-order chi connectivity index (χ1) is 14.6. The molecule has 0 atom stereocenters. The Labute approximate surface area is 186 Å². The second-order valence-electron chi connectivity index (χ2n) is 8.37. The fourth-order valence-corrected chi connectivity index (χ4v) is 15.5. The molecule has 0 fully saturated rings. The minimum atomic E-state index is -2.52. The molecule has 0 N–H and O–H groups in total. The summed E-state index contributed by atoms with van der Waals surface area (Å²) in [6, 6.07) is 31.7. The maximum atomic E-state index is 2.35. The minimum absolute atomic E-state index is 1.40. The monoisotopic (exact) mass is 494 g/mol. The van der Waals surface area contributed by atoms with Crippen LogP contribution in [0.1, 0.15) is 33.4 Å². The van der Waals surface area contributed by atoms with Crippen LogP contribution in [0.25, 0.3) is 11.1 Å². The van der Waals surface area contributed by atoms with Gasteiger partial charge >= 0.3 is 187 Å². The molecule has 0 saturated heterocycles. The Morgan fingerprint density at radius 1 is 0.400 bits per heavy atom. The van der Waals surface area contributed by atoms with Gasteiger partial charge in [-0.3, -0.25) is 0 Å². The van der Waals surface area contributed by atoms with Crippen LogP contribution in [-0.2, 0) is 0 Å². The van der Waals surface area contributed by atoms with Gasteiger partial charge in [0, 0.05) is 0 Å². The van der Waals surface area contributed by atoms with Crippen molar-refractivity contribution < 1.29 is 0 Å². The van der Waals surface area contributed by atoms with E-state index in [0.29, 0.717) is 0 Å². The van der Waals surface area contributed by atoms with Gasteiger partial charge in [0.2, 0.25) is 0 Å². The molecule has 1 heteroatoms. The van der Waals surface area contributed by atoms with E-state index in [9.17, 15) is 0 Å². The molecule has 5 rings (SSSR count). The molecule has 146 valence electrons. The predicted molar refractivity (Wildman–Crippen MR) is 132 cm³/mol. The van der Waals surface area contributed by atoms with Crippen molar-refractivity contribution in [3.8, 4) is 11.1 Å². The van der Waals surface area contributed by atoms with Crippen molar-refractivity contribution in [1.82, 2.24) is 0 Å². The quantitative estimate of drug-likeness (QED) is 0.291. The van der Waals surface area contributed by atoms with Crippen LogP contribution < -0.4 is 7.16 Å². The molecule has 0 spiro atoms. The van der Waals surface area contributed by atoms with Crippen molar-refractivity contribution in [2.45, 2.75) is 27.7 Å². The van der Waals surface area contributed by atoms with Gasteiger partial charge in [0.1, 0.15) is 0 Å². The Morgan fingerprint density at radius 3 is 1.10 bits per heavy atom. The van der Waals surface area contributed by atoms with Crippen molar-refractivity contribution >= 4 is 30.0 Å². The van der Waals surface area contributed by atoms with Crippen LogP contribution in [0.5, 0.6) is 0 Å². The summed E-state index contributed by atoms with van der Waals surface area (Å²) in [6.45, 7) is 9.24. The van der Waals surface area contributed by atoms with E-state index in [2.05, 4.69) is 113 Å². The van der Waals surface area contributed by atoms with Gasteiger partial charge in [-0.2, -0.15) is 0 Å². The van der Waals surface area contributed by atoms with Crippen molar-refractivity contribution in [3.63, 3.8) is 0 Å². The number of fused-ring (bicyclic) bond motifs is 3. The van der Waals surface area contributed by atoms with Crippen molar-refractivity contribution in [2.75, 3.05) is 0 Å². The van der Waals surface area contributed by atoms with E-state index in [1.165, 1.54) is 44.5 Å². The van der Waals surface area contributed by atoms with Gasteiger partial charge in [0.05, 0.1) is 0 Å². The van der Waals surface area contributed by atoms with Crippen LogP contribution in [0.3, 0.4) is 0 Å². The van der Waals surface area contributed by atoms with Gasteiger partial charge in [-0.05, 0) is 0 Å². The molecule has 0 unspecified atom stereocenters. The first-order valence-electron chi connectivity index (χ1n) is 10.6. The fourth-order valence-electron chi connectivity index (χ4n) is 5.08. The molecular formula is C29H26Sn. The van der Waals surface area contributed by atoms with Crippen molar-refractivity contribution in [3.05, 3.63) is 118 Å². The van der Waals surface area contributed by atoms with Crippen molar-refractivity contribution in [1.29, 1.82) is 0 Å². The predicted octanol–water partition coefficient (Wildman–Crippen LogP) is 5.36. The molecule has 0 nitrogen and oxygen atoms in total. The van der Waals surface area contributed by atoms with Gasteiger partial charge in [0.15, 0.2) is 0 Å².